The highest BCUT2D eigenvalue weighted by Gasteiger charge is 2.30. The van der Waals surface area contributed by atoms with E-state index >= 15 is 0 Å². The Bertz CT molecular complexity index is 1190. The third-order valence-electron chi connectivity index (χ3n) is 4.08. The van der Waals surface area contributed by atoms with Crippen LogP contribution in [0.2, 0.25) is 0 Å². The minimum atomic E-state index is -4.42. The van der Waals surface area contributed by atoms with Gasteiger partial charge in [-0.25, -0.2) is 9.97 Å². The fourth-order valence-corrected chi connectivity index (χ4v) is 3.43. The topological polar surface area (TPSA) is 75.9 Å². The fourth-order valence-electron chi connectivity index (χ4n) is 2.69. The summed E-state index contributed by atoms with van der Waals surface area (Å²) in [5.74, 6) is 1.14. The number of rotatable bonds is 5. The Morgan fingerprint density at radius 2 is 1.86 bits per heavy atom. The summed E-state index contributed by atoms with van der Waals surface area (Å²) >= 11 is 1.19. The second kappa shape index (κ2) is 7.70. The predicted molar refractivity (Wildman–Crippen MR) is 102 cm³/mol. The third-order valence-corrected chi connectivity index (χ3v) is 5.05. The highest BCUT2D eigenvalue weighted by molar-refractivity contribution is 7.98. The van der Waals surface area contributed by atoms with Gasteiger partial charge in [0.25, 0.3) is 11.3 Å². The van der Waals surface area contributed by atoms with Gasteiger partial charge in [-0.1, -0.05) is 30.3 Å². The van der Waals surface area contributed by atoms with Gasteiger partial charge in [-0.15, -0.1) is 11.8 Å². The van der Waals surface area contributed by atoms with Crippen LogP contribution in [0.1, 0.15) is 22.6 Å². The van der Waals surface area contributed by atoms with Crippen LogP contribution in [-0.2, 0) is 18.3 Å². The second-order valence-corrected chi connectivity index (χ2v) is 7.22. The molecule has 148 valence electrons. The normalized spacial score (nSPS) is 11.8. The molecule has 29 heavy (non-hydrogen) atoms. The number of thioether (sulfide) groups is 1. The maximum absolute atomic E-state index is 12.6. The van der Waals surface area contributed by atoms with E-state index in [9.17, 15) is 18.0 Å². The average Bonchev–Trinajstić information content (AvgIpc) is 3.10. The SMILES string of the molecule is O=c1cc(CSc2ccc(C(F)(F)F)cn2)nc2nc(Cc3ccccc3)[nH]n12. The lowest BCUT2D eigenvalue weighted by Crippen LogP contribution is -2.15. The molecule has 6 nitrogen and oxygen atoms in total. The van der Waals surface area contributed by atoms with E-state index in [2.05, 4.69) is 20.1 Å². The van der Waals surface area contributed by atoms with Crippen LogP contribution in [0.4, 0.5) is 13.2 Å². The number of halogens is 3. The van der Waals surface area contributed by atoms with Gasteiger partial charge in [0.15, 0.2) is 0 Å². The number of H-pyrrole nitrogens is 1. The van der Waals surface area contributed by atoms with Crippen LogP contribution in [0, 0.1) is 0 Å². The summed E-state index contributed by atoms with van der Waals surface area (Å²) < 4.78 is 39.1. The van der Waals surface area contributed by atoms with Crippen molar-refractivity contribution >= 4 is 17.5 Å². The molecule has 10 heteroatoms. The number of fused-ring (bicyclic) bond motifs is 1. The van der Waals surface area contributed by atoms with E-state index in [-0.39, 0.29) is 17.1 Å². The molecule has 0 amide bonds. The van der Waals surface area contributed by atoms with Crippen molar-refractivity contribution in [3.8, 4) is 0 Å². The van der Waals surface area contributed by atoms with Gasteiger partial charge in [-0.3, -0.25) is 9.89 Å². The van der Waals surface area contributed by atoms with Crippen molar-refractivity contribution < 1.29 is 13.2 Å². The molecular formula is C19H14F3N5OS. The van der Waals surface area contributed by atoms with Crippen LogP contribution in [0.5, 0.6) is 0 Å². The average molecular weight is 417 g/mol. The molecule has 0 spiro atoms. The number of alkyl halides is 3. The van der Waals surface area contributed by atoms with Gasteiger partial charge in [0.2, 0.25) is 0 Å². The molecule has 0 aliphatic rings. The lowest BCUT2D eigenvalue weighted by Gasteiger charge is -2.06. The summed E-state index contributed by atoms with van der Waals surface area (Å²) in [6.07, 6.45) is -3.10. The maximum atomic E-state index is 12.6. The first kappa shape index (κ1) is 19.2. The minimum Gasteiger partial charge on any atom is -0.275 e. The van der Waals surface area contributed by atoms with E-state index in [1.807, 2.05) is 30.3 Å². The lowest BCUT2D eigenvalue weighted by molar-refractivity contribution is -0.137. The summed E-state index contributed by atoms with van der Waals surface area (Å²) in [7, 11) is 0. The Morgan fingerprint density at radius 1 is 1.07 bits per heavy atom. The molecule has 1 aromatic carbocycles. The van der Waals surface area contributed by atoms with Gasteiger partial charge in [0.05, 0.1) is 16.3 Å². The molecule has 0 fully saturated rings. The highest BCUT2D eigenvalue weighted by Crippen LogP contribution is 2.30. The first-order valence-corrected chi connectivity index (χ1v) is 9.54. The second-order valence-electron chi connectivity index (χ2n) is 6.23. The van der Waals surface area contributed by atoms with Crippen molar-refractivity contribution in [2.24, 2.45) is 0 Å². The molecule has 0 unspecified atom stereocenters. The van der Waals surface area contributed by atoms with Gasteiger partial charge in [-0.2, -0.15) is 22.7 Å². The smallest absolute Gasteiger partial charge is 0.275 e. The molecule has 1 N–H and O–H groups in total. The number of nitrogens with zero attached hydrogens (tertiary/aromatic N) is 4. The molecule has 0 aliphatic carbocycles. The van der Waals surface area contributed by atoms with Crippen LogP contribution in [0.15, 0.2) is 64.5 Å². The van der Waals surface area contributed by atoms with Crippen molar-refractivity contribution in [2.45, 2.75) is 23.4 Å². The van der Waals surface area contributed by atoms with Gasteiger partial charge in [0.1, 0.15) is 5.82 Å². The van der Waals surface area contributed by atoms with Crippen molar-refractivity contribution in [1.82, 2.24) is 24.6 Å². The molecule has 4 aromatic rings. The molecule has 0 aliphatic heterocycles. The van der Waals surface area contributed by atoms with Crippen LogP contribution in [-0.4, -0.2) is 24.6 Å². The summed E-state index contributed by atoms with van der Waals surface area (Å²) in [4.78, 5) is 24.9. The summed E-state index contributed by atoms with van der Waals surface area (Å²) in [6.45, 7) is 0. The lowest BCUT2D eigenvalue weighted by atomic mass is 10.1. The first-order valence-electron chi connectivity index (χ1n) is 8.56. The van der Waals surface area contributed by atoms with Crippen molar-refractivity contribution in [3.05, 3.63) is 87.7 Å². The zero-order valence-corrected chi connectivity index (χ0v) is 15.7. The van der Waals surface area contributed by atoms with E-state index in [4.69, 9.17) is 0 Å². The van der Waals surface area contributed by atoms with Crippen LogP contribution in [0.3, 0.4) is 0 Å². The largest absolute Gasteiger partial charge is 0.417 e. The Balaban J connectivity index is 1.50. The van der Waals surface area contributed by atoms with E-state index in [0.717, 1.165) is 17.8 Å². The monoisotopic (exact) mass is 417 g/mol. The van der Waals surface area contributed by atoms with E-state index in [0.29, 0.717) is 23.0 Å². The number of aromatic amines is 1. The zero-order chi connectivity index (χ0) is 20.4. The molecule has 0 atom stereocenters. The summed E-state index contributed by atoms with van der Waals surface area (Å²) in [6, 6.07) is 13.3. The Kier molecular flexibility index (Phi) is 5.10. The molecule has 3 heterocycles. The van der Waals surface area contributed by atoms with Crippen molar-refractivity contribution in [3.63, 3.8) is 0 Å². The summed E-state index contributed by atoms with van der Waals surface area (Å²) in [5, 5.41) is 3.35. The minimum absolute atomic E-state index is 0.249. The maximum Gasteiger partial charge on any atom is 0.417 e. The van der Waals surface area contributed by atoms with Gasteiger partial charge < -0.3 is 0 Å². The molecule has 4 rings (SSSR count). The Labute approximate surface area is 166 Å². The molecule has 0 radical (unpaired) electrons. The number of aromatic nitrogens is 5. The fraction of sp³-hybridized carbons (Fsp3) is 0.158. The van der Waals surface area contributed by atoms with E-state index in [1.165, 1.54) is 28.4 Å². The standard InChI is InChI=1S/C19H14F3N5OS/c20-19(21,22)13-6-7-16(23-10-13)29-11-14-9-17(28)27-18(24-14)25-15(26-27)8-12-4-2-1-3-5-12/h1-7,9-10H,8,11H2,(H,24,25,26). The number of hydrogen-bond acceptors (Lipinski definition) is 5. The first-order chi connectivity index (χ1) is 13.9. The van der Waals surface area contributed by atoms with Crippen LogP contribution in [0.25, 0.3) is 5.78 Å². The van der Waals surface area contributed by atoms with Gasteiger partial charge >= 0.3 is 6.18 Å². The highest BCUT2D eigenvalue weighted by atomic mass is 32.2. The molecule has 0 saturated heterocycles. The van der Waals surface area contributed by atoms with Crippen LogP contribution >= 0.6 is 11.8 Å². The van der Waals surface area contributed by atoms with E-state index < -0.39 is 11.7 Å². The molecular weight excluding hydrogens is 403 g/mol. The Morgan fingerprint density at radius 3 is 2.55 bits per heavy atom. The number of pyridine rings is 1. The van der Waals surface area contributed by atoms with Crippen LogP contribution < -0.4 is 5.56 Å². The van der Waals surface area contributed by atoms with Crippen molar-refractivity contribution in [1.29, 1.82) is 0 Å². The predicted octanol–water partition coefficient (Wildman–Crippen LogP) is 3.71. The summed E-state index contributed by atoms with van der Waals surface area (Å²) in [5.41, 5.74) is 0.406. The number of nitrogens with one attached hydrogen (secondary N) is 1. The molecule has 0 bridgehead atoms. The molecule has 0 saturated carbocycles. The quantitative estimate of drug-likeness (QED) is 0.501. The number of hydrogen-bond donors (Lipinski definition) is 1. The Hall–Kier alpha value is -3.14. The van der Waals surface area contributed by atoms with Crippen molar-refractivity contribution in [2.75, 3.05) is 0 Å². The van der Waals surface area contributed by atoms with Gasteiger partial charge in [-0.05, 0) is 17.7 Å². The third kappa shape index (κ3) is 4.48. The van der Waals surface area contributed by atoms with Gasteiger partial charge in [0, 0.05) is 24.4 Å². The number of benzene rings is 1. The molecule has 3 aromatic heterocycles. The van der Waals surface area contributed by atoms with E-state index in [1.54, 1.807) is 0 Å². The zero-order valence-electron chi connectivity index (χ0n) is 14.8.